The number of nitrogens with one attached hydrogen (secondary N) is 1. The number of methoxy groups -OCH3 is 1. The van der Waals surface area contributed by atoms with Crippen LogP contribution in [0.2, 0.25) is 0 Å². The van der Waals surface area contributed by atoms with Gasteiger partial charge in [0.2, 0.25) is 5.88 Å². The van der Waals surface area contributed by atoms with Gasteiger partial charge in [-0.25, -0.2) is 4.98 Å². The Morgan fingerprint density at radius 2 is 2.47 bits per heavy atom. The van der Waals surface area contributed by atoms with Crippen molar-refractivity contribution < 1.29 is 9.94 Å². The van der Waals surface area contributed by atoms with E-state index in [0.29, 0.717) is 19.0 Å². The van der Waals surface area contributed by atoms with E-state index in [0.717, 1.165) is 5.56 Å². The molecule has 0 aliphatic heterocycles. The Balaban J connectivity index is 2.40. The van der Waals surface area contributed by atoms with Crippen molar-refractivity contribution in [1.82, 2.24) is 10.3 Å². The third kappa shape index (κ3) is 4.28. The lowest BCUT2D eigenvalue weighted by Gasteiger charge is -2.11. The Hall–Kier alpha value is -1.82. The van der Waals surface area contributed by atoms with Crippen molar-refractivity contribution in [3.8, 4) is 5.88 Å². The number of aromatic nitrogens is 1. The van der Waals surface area contributed by atoms with Gasteiger partial charge in [-0.1, -0.05) is 12.1 Å². The van der Waals surface area contributed by atoms with Gasteiger partial charge in [0, 0.05) is 31.3 Å². The van der Waals surface area contributed by atoms with E-state index in [-0.39, 0.29) is 11.8 Å². The number of pyridine rings is 1. The van der Waals surface area contributed by atoms with E-state index in [2.05, 4.69) is 15.5 Å². The van der Waals surface area contributed by atoms with Gasteiger partial charge in [0.05, 0.1) is 7.11 Å². The zero-order valence-electron chi connectivity index (χ0n) is 10.1. The van der Waals surface area contributed by atoms with Crippen molar-refractivity contribution in [3.63, 3.8) is 0 Å². The van der Waals surface area contributed by atoms with Crippen molar-refractivity contribution in [3.05, 3.63) is 23.9 Å². The summed E-state index contributed by atoms with van der Waals surface area (Å²) in [4.78, 5) is 4.02. The van der Waals surface area contributed by atoms with Gasteiger partial charge < -0.3 is 21.0 Å². The number of ether oxygens (including phenoxy) is 1. The third-order valence-corrected chi connectivity index (χ3v) is 2.41. The number of amidine groups is 1. The van der Waals surface area contributed by atoms with E-state index in [1.54, 1.807) is 13.3 Å². The summed E-state index contributed by atoms with van der Waals surface area (Å²) in [7, 11) is 1.58. The Labute approximate surface area is 100 Å². The van der Waals surface area contributed by atoms with Crippen LogP contribution in [0.3, 0.4) is 0 Å². The molecule has 0 aromatic carbocycles. The molecule has 17 heavy (non-hydrogen) atoms. The van der Waals surface area contributed by atoms with Gasteiger partial charge in [-0.2, -0.15) is 0 Å². The molecular formula is C11H18N4O2. The molecule has 1 aromatic rings. The van der Waals surface area contributed by atoms with E-state index >= 15 is 0 Å². The molecular weight excluding hydrogens is 220 g/mol. The summed E-state index contributed by atoms with van der Waals surface area (Å²) in [5.74, 6) is 0.808. The van der Waals surface area contributed by atoms with Crippen LogP contribution in [0.1, 0.15) is 12.5 Å². The molecule has 0 aliphatic carbocycles. The summed E-state index contributed by atoms with van der Waals surface area (Å²) in [5, 5.41) is 14.7. The number of hydrogen-bond acceptors (Lipinski definition) is 5. The lowest BCUT2D eigenvalue weighted by molar-refractivity contribution is 0.314. The number of nitrogens with two attached hydrogens (primary N) is 1. The normalized spacial score (nSPS) is 13.4. The van der Waals surface area contributed by atoms with Crippen LogP contribution < -0.4 is 15.8 Å². The standard InChI is InChI=1S/C11H18N4O2/c1-8(11(12)15-16)6-13-7-9-3-4-14-10(5-9)17-2/h3-5,8,13,16H,6-7H2,1-2H3,(H2,12,15). The number of hydrogen-bond donors (Lipinski definition) is 3. The molecule has 0 radical (unpaired) electrons. The predicted molar refractivity (Wildman–Crippen MR) is 65.1 cm³/mol. The quantitative estimate of drug-likeness (QED) is 0.291. The van der Waals surface area contributed by atoms with Crippen molar-refractivity contribution in [2.24, 2.45) is 16.8 Å². The first-order valence-electron chi connectivity index (χ1n) is 5.34. The first-order chi connectivity index (χ1) is 8.17. The average Bonchev–Trinajstić information content (AvgIpc) is 2.37. The van der Waals surface area contributed by atoms with Gasteiger partial charge in [0.1, 0.15) is 5.84 Å². The molecule has 0 amide bonds. The minimum Gasteiger partial charge on any atom is -0.481 e. The second kappa shape index (κ2) is 6.70. The molecule has 1 atom stereocenters. The highest BCUT2D eigenvalue weighted by molar-refractivity contribution is 5.82. The number of nitrogens with zero attached hydrogens (tertiary/aromatic N) is 2. The van der Waals surface area contributed by atoms with Crippen LogP contribution in [0.15, 0.2) is 23.5 Å². The SMILES string of the molecule is COc1cc(CNCC(C)/C(N)=N/O)ccn1. The molecule has 1 aromatic heterocycles. The van der Waals surface area contributed by atoms with Crippen molar-refractivity contribution in [1.29, 1.82) is 0 Å². The molecule has 0 saturated carbocycles. The second-order valence-corrected chi connectivity index (χ2v) is 3.76. The van der Waals surface area contributed by atoms with E-state index in [9.17, 15) is 0 Å². The molecule has 0 spiro atoms. The zero-order chi connectivity index (χ0) is 12.7. The summed E-state index contributed by atoms with van der Waals surface area (Å²) in [6, 6.07) is 3.77. The molecule has 1 heterocycles. The Morgan fingerprint density at radius 1 is 1.71 bits per heavy atom. The predicted octanol–water partition coefficient (Wildman–Crippen LogP) is 0.562. The van der Waals surface area contributed by atoms with Gasteiger partial charge in [-0.05, 0) is 11.6 Å². The zero-order valence-corrected chi connectivity index (χ0v) is 10.1. The van der Waals surface area contributed by atoms with Crippen LogP contribution in [0.4, 0.5) is 0 Å². The topological polar surface area (TPSA) is 92.8 Å². The molecule has 6 nitrogen and oxygen atoms in total. The Bertz CT molecular complexity index is 381. The molecule has 0 fully saturated rings. The first-order valence-corrected chi connectivity index (χ1v) is 5.34. The summed E-state index contributed by atoms with van der Waals surface area (Å²) in [5.41, 5.74) is 6.54. The lowest BCUT2D eigenvalue weighted by Crippen LogP contribution is -2.31. The molecule has 94 valence electrons. The Kier molecular flexibility index (Phi) is 5.22. The minimum atomic E-state index is -0.0104. The van der Waals surface area contributed by atoms with Crippen LogP contribution in [0, 0.1) is 5.92 Å². The van der Waals surface area contributed by atoms with Crippen molar-refractivity contribution in [2.75, 3.05) is 13.7 Å². The van der Waals surface area contributed by atoms with Crippen molar-refractivity contribution >= 4 is 5.84 Å². The summed E-state index contributed by atoms with van der Waals surface area (Å²) >= 11 is 0. The molecule has 0 aliphatic rings. The van der Waals surface area contributed by atoms with Crippen LogP contribution in [0.25, 0.3) is 0 Å². The summed E-state index contributed by atoms with van der Waals surface area (Å²) < 4.78 is 5.03. The largest absolute Gasteiger partial charge is 0.481 e. The smallest absolute Gasteiger partial charge is 0.213 e. The molecule has 6 heteroatoms. The fraction of sp³-hybridized carbons (Fsp3) is 0.455. The first kappa shape index (κ1) is 13.2. The fourth-order valence-electron chi connectivity index (χ4n) is 1.31. The molecule has 4 N–H and O–H groups in total. The maximum atomic E-state index is 8.50. The van der Waals surface area contributed by atoms with E-state index < -0.39 is 0 Å². The van der Waals surface area contributed by atoms with Gasteiger partial charge in [-0.15, -0.1) is 0 Å². The number of rotatable bonds is 6. The van der Waals surface area contributed by atoms with Crippen LogP contribution in [-0.2, 0) is 6.54 Å². The molecule has 1 rings (SSSR count). The fourth-order valence-corrected chi connectivity index (χ4v) is 1.31. The lowest BCUT2D eigenvalue weighted by atomic mass is 10.1. The van der Waals surface area contributed by atoms with E-state index in [4.69, 9.17) is 15.7 Å². The van der Waals surface area contributed by atoms with Crippen LogP contribution in [-0.4, -0.2) is 29.7 Å². The van der Waals surface area contributed by atoms with Gasteiger partial charge >= 0.3 is 0 Å². The second-order valence-electron chi connectivity index (χ2n) is 3.76. The maximum Gasteiger partial charge on any atom is 0.213 e. The highest BCUT2D eigenvalue weighted by Crippen LogP contribution is 2.08. The molecule has 0 saturated heterocycles. The van der Waals surface area contributed by atoms with E-state index in [1.165, 1.54) is 0 Å². The minimum absolute atomic E-state index is 0.0104. The summed E-state index contributed by atoms with van der Waals surface area (Å²) in [6.07, 6.45) is 1.70. The highest BCUT2D eigenvalue weighted by atomic mass is 16.5. The molecule has 0 bridgehead atoms. The third-order valence-electron chi connectivity index (χ3n) is 2.41. The van der Waals surface area contributed by atoms with Crippen LogP contribution in [0.5, 0.6) is 5.88 Å². The molecule has 1 unspecified atom stereocenters. The van der Waals surface area contributed by atoms with E-state index in [1.807, 2.05) is 19.1 Å². The Morgan fingerprint density at radius 3 is 3.12 bits per heavy atom. The number of oxime groups is 1. The van der Waals surface area contributed by atoms with Gasteiger partial charge in [0.15, 0.2) is 0 Å². The van der Waals surface area contributed by atoms with Gasteiger partial charge in [0.25, 0.3) is 0 Å². The monoisotopic (exact) mass is 238 g/mol. The van der Waals surface area contributed by atoms with Crippen molar-refractivity contribution in [2.45, 2.75) is 13.5 Å². The average molecular weight is 238 g/mol. The highest BCUT2D eigenvalue weighted by Gasteiger charge is 2.06. The van der Waals surface area contributed by atoms with Crippen LogP contribution >= 0.6 is 0 Å². The van der Waals surface area contributed by atoms with Gasteiger partial charge in [-0.3, -0.25) is 0 Å². The summed E-state index contributed by atoms with van der Waals surface area (Å²) in [6.45, 7) is 3.21. The maximum absolute atomic E-state index is 8.50.